The van der Waals surface area contributed by atoms with Crippen molar-refractivity contribution in [1.82, 2.24) is 15.0 Å². The maximum atomic E-state index is 4.61. The van der Waals surface area contributed by atoms with Crippen LogP contribution >= 0.6 is 0 Å². The molecular formula is C20H23N5. The van der Waals surface area contributed by atoms with Gasteiger partial charge < -0.3 is 10.6 Å². The number of para-hydroxylation sites is 1. The monoisotopic (exact) mass is 333 g/mol. The first-order valence-electron chi connectivity index (χ1n) is 8.49. The normalized spacial score (nSPS) is 10.5. The van der Waals surface area contributed by atoms with Crippen LogP contribution in [0.3, 0.4) is 0 Å². The number of anilines is 3. The molecule has 2 N–H and O–H groups in total. The van der Waals surface area contributed by atoms with Gasteiger partial charge in [-0.25, -0.2) is 4.98 Å². The Bertz CT molecular complexity index is 846. The second-order valence-electron chi connectivity index (χ2n) is 6.02. The minimum absolute atomic E-state index is 0.609. The molecule has 0 unspecified atom stereocenters. The van der Waals surface area contributed by atoms with Crippen LogP contribution in [0.4, 0.5) is 17.5 Å². The van der Waals surface area contributed by atoms with Gasteiger partial charge in [-0.2, -0.15) is 4.98 Å². The van der Waals surface area contributed by atoms with Crippen LogP contribution in [0.1, 0.15) is 29.3 Å². The maximum Gasteiger partial charge on any atom is 0.229 e. The summed E-state index contributed by atoms with van der Waals surface area (Å²) in [6, 6.07) is 12.2. The van der Waals surface area contributed by atoms with E-state index in [2.05, 4.69) is 57.6 Å². The van der Waals surface area contributed by atoms with Gasteiger partial charge in [0.15, 0.2) is 0 Å². The number of aryl methyl sites for hydroxylation is 3. The van der Waals surface area contributed by atoms with Crippen LogP contribution in [-0.2, 0) is 13.0 Å². The molecule has 0 aliphatic heterocycles. The van der Waals surface area contributed by atoms with Crippen molar-refractivity contribution in [2.75, 3.05) is 10.6 Å². The van der Waals surface area contributed by atoms with E-state index in [1.54, 1.807) is 6.20 Å². The minimum Gasteiger partial charge on any atom is -0.366 e. The third kappa shape index (κ3) is 4.32. The first kappa shape index (κ1) is 16.9. The SMILES string of the molecule is CCc1cccc(C)c1Nc1nc(C)cc(NCc2cccnc2)n1. The van der Waals surface area contributed by atoms with Crippen LogP contribution in [0.25, 0.3) is 0 Å². The van der Waals surface area contributed by atoms with Crippen LogP contribution < -0.4 is 10.6 Å². The summed E-state index contributed by atoms with van der Waals surface area (Å²) in [6.45, 7) is 6.89. The van der Waals surface area contributed by atoms with Crippen molar-refractivity contribution in [3.05, 3.63) is 71.2 Å². The number of rotatable bonds is 6. The quantitative estimate of drug-likeness (QED) is 0.700. The molecular weight excluding hydrogens is 310 g/mol. The van der Waals surface area contributed by atoms with E-state index < -0.39 is 0 Å². The largest absolute Gasteiger partial charge is 0.366 e. The van der Waals surface area contributed by atoms with Crippen molar-refractivity contribution >= 4 is 17.5 Å². The second-order valence-corrected chi connectivity index (χ2v) is 6.02. The molecule has 0 fully saturated rings. The van der Waals surface area contributed by atoms with Gasteiger partial charge in [-0.05, 0) is 43.0 Å². The number of hydrogen-bond acceptors (Lipinski definition) is 5. The van der Waals surface area contributed by atoms with E-state index in [1.807, 2.05) is 31.3 Å². The van der Waals surface area contributed by atoms with Gasteiger partial charge in [-0.3, -0.25) is 4.98 Å². The third-order valence-corrected chi connectivity index (χ3v) is 4.03. The van der Waals surface area contributed by atoms with Gasteiger partial charge in [0.1, 0.15) is 5.82 Å². The molecule has 2 heterocycles. The second kappa shape index (κ2) is 7.75. The fraction of sp³-hybridized carbons (Fsp3) is 0.250. The molecule has 0 aliphatic rings. The number of aromatic nitrogens is 3. The van der Waals surface area contributed by atoms with Crippen molar-refractivity contribution < 1.29 is 0 Å². The van der Waals surface area contributed by atoms with Gasteiger partial charge in [0.05, 0.1) is 0 Å². The highest BCUT2D eigenvalue weighted by Gasteiger charge is 2.08. The number of nitrogens with one attached hydrogen (secondary N) is 2. The van der Waals surface area contributed by atoms with Crippen molar-refractivity contribution in [2.45, 2.75) is 33.7 Å². The topological polar surface area (TPSA) is 62.7 Å². The smallest absolute Gasteiger partial charge is 0.229 e. The zero-order chi connectivity index (χ0) is 17.6. The van der Waals surface area contributed by atoms with Crippen molar-refractivity contribution in [3.8, 4) is 0 Å². The molecule has 0 aliphatic carbocycles. The number of pyridine rings is 1. The van der Waals surface area contributed by atoms with E-state index in [4.69, 9.17) is 0 Å². The lowest BCUT2D eigenvalue weighted by molar-refractivity contribution is 1.04. The average molecular weight is 333 g/mol. The van der Waals surface area contributed by atoms with Gasteiger partial charge >= 0.3 is 0 Å². The van der Waals surface area contributed by atoms with Crippen LogP contribution in [0, 0.1) is 13.8 Å². The molecule has 0 saturated heterocycles. The highest BCUT2D eigenvalue weighted by Crippen LogP contribution is 2.24. The molecule has 0 radical (unpaired) electrons. The summed E-state index contributed by atoms with van der Waals surface area (Å²) in [5, 5.41) is 6.74. The highest BCUT2D eigenvalue weighted by molar-refractivity contribution is 5.64. The van der Waals surface area contributed by atoms with E-state index in [0.717, 1.165) is 29.2 Å². The van der Waals surface area contributed by atoms with E-state index >= 15 is 0 Å². The van der Waals surface area contributed by atoms with Gasteiger partial charge in [0.25, 0.3) is 0 Å². The highest BCUT2D eigenvalue weighted by atomic mass is 15.1. The van der Waals surface area contributed by atoms with E-state index in [-0.39, 0.29) is 0 Å². The van der Waals surface area contributed by atoms with Crippen molar-refractivity contribution in [3.63, 3.8) is 0 Å². The lowest BCUT2D eigenvalue weighted by Crippen LogP contribution is -2.07. The first-order valence-corrected chi connectivity index (χ1v) is 8.49. The molecule has 0 spiro atoms. The zero-order valence-electron chi connectivity index (χ0n) is 14.9. The molecule has 1 aromatic carbocycles. The molecule has 5 heteroatoms. The number of benzene rings is 1. The predicted octanol–water partition coefficient (Wildman–Crippen LogP) is 4.41. The fourth-order valence-electron chi connectivity index (χ4n) is 2.72. The summed E-state index contributed by atoms with van der Waals surface area (Å²) < 4.78 is 0. The summed E-state index contributed by atoms with van der Waals surface area (Å²) in [5.74, 6) is 1.41. The zero-order valence-corrected chi connectivity index (χ0v) is 14.9. The molecule has 25 heavy (non-hydrogen) atoms. The van der Waals surface area contributed by atoms with Crippen LogP contribution in [0.2, 0.25) is 0 Å². The number of hydrogen-bond donors (Lipinski definition) is 2. The lowest BCUT2D eigenvalue weighted by atomic mass is 10.1. The summed E-state index contributed by atoms with van der Waals surface area (Å²) in [7, 11) is 0. The third-order valence-electron chi connectivity index (χ3n) is 4.03. The lowest BCUT2D eigenvalue weighted by Gasteiger charge is -2.14. The summed E-state index contributed by atoms with van der Waals surface area (Å²) in [5.41, 5.74) is 5.57. The molecule has 0 atom stereocenters. The molecule has 2 aromatic heterocycles. The van der Waals surface area contributed by atoms with E-state index in [9.17, 15) is 0 Å². The minimum atomic E-state index is 0.609. The van der Waals surface area contributed by atoms with Crippen molar-refractivity contribution in [2.24, 2.45) is 0 Å². The average Bonchev–Trinajstić information content (AvgIpc) is 2.62. The Balaban J connectivity index is 1.80. The Morgan fingerprint density at radius 3 is 2.68 bits per heavy atom. The first-order chi connectivity index (χ1) is 12.2. The summed E-state index contributed by atoms with van der Waals surface area (Å²) >= 11 is 0. The Hall–Kier alpha value is -2.95. The maximum absolute atomic E-state index is 4.61. The molecule has 3 rings (SSSR count). The van der Waals surface area contributed by atoms with Crippen LogP contribution in [0.5, 0.6) is 0 Å². The summed E-state index contributed by atoms with van der Waals surface area (Å²) in [6.07, 6.45) is 4.58. The molecule has 5 nitrogen and oxygen atoms in total. The Kier molecular flexibility index (Phi) is 5.23. The van der Waals surface area contributed by atoms with Gasteiger partial charge in [-0.1, -0.05) is 31.2 Å². The Morgan fingerprint density at radius 1 is 1.04 bits per heavy atom. The van der Waals surface area contributed by atoms with Crippen molar-refractivity contribution in [1.29, 1.82) is 0 Å². The van der Waals surface area contributed by atoms with E-state index in [1.165, 1.54) is 11.1 Å². The Morgan fingerprint density at radius 2 is 1.92 bits per heavy atom. The van der Waals surface area contributed by atoms with Gasteiger partial charge in [-0.15, -0.1) is 0 Å². The van der Waals surface area contributed by atoms with Gasteiger partial charge in [0.2, 0.25) is 5.95 Å². The molecule has 128 valence electrons. The standard InChI is InChI=1S/C20H23N5/c1-4-17-9-5-7-14(2)19(17)25-20-23-15(3)11-18(24-20)22-13-16-8-6-10-21-12-16/h5-12H,4,13H2,1-3H3,(H2,22,23,24,25). The fourth-order valence-corrected chi connectivity index (χ4v) is 2.72. The van der Waals surface area contributed by atoms with Gasteiger partial charge in [0, 0.05) is 36.4 Å². The van der Waals surface area contributed by atoms with E-state index in [0.29, 0.717) is 12.5 Å². The predicted molar refractivity (Wildman–Crippen MR) is 102 cm³/mol. The molecule has 0 amide bonds. The molecule has 3 aromatic rings. The summed E-state index contributed by atoms with van der Waals surface area (Å²) in [4.78, 5) is 13.3. The molecule has 0 saturated carbocycles. The molecule has 0 bridgehead atoms. The number of nitrogens with zero attached hydrogens (tertiary/aromatic N) is 3. The Labute approximate surface area is 148 Å². The van der Waals surface area contributed by atoms with Crippen LogP contribution in [-0.4, -0.2) is 15.0 Å². The van der Waals surface area contributed by atoms with Crippen LogP contribution in [0.15, 0.2) is 48.8 Å².